The van der Waals surface area contributed by atoms with Gasteiger partial charge in [-0.05, 0) is 17.2 Å². The van der Waals surface area contributed by atoms with Crippen LogP contribution >= 0.6 is 0 Å². The molecular formula is C20H19NO4. The number of carbonyl (C=O) groups excluding carboxylic acids is 2. The molecule has 3 rings (SSSR count). The molecule has 2 aromatic rings. The van der Waals surface area contributed by atoms with Gasteiger partial charge in [0.2, 0.25) is 5.91 Å². The zero-order chi connectivity index (χ0) is 18.2. The van der Waals surface area contributed by atoms with E-state index in [0.717, 1.165) is 10.5 Å². The number of nitrogens with zero attached hydrogens (tertiary/aromatic N) is 1. The Morgan fingerprint density at radius 3 is 2.28 bits per heavy atom. The Bertz CT molecular complexity index is 842. The van der Waals surface area contributed by atoms with E-state index in [1.807, 2.05) is 44.2 Å². The molecule has 0 radical (unpaired) electrons. The molecule has 128 valence electrons. The summed E-state index contributed by atoms with van der Waals surface area (Å²) in [4.78, 5) is 38.3. The van der Waals surface area contributed by atoms with Crippen molar-refractivity contribution in [1.29, 1.82) is 0 Å². The minimum atomic E-state index is -1.35. The number of hydrogen-bond acceptors (Lipinski definition) is 3. The number of carboxylic acid groups (broad SMARTS) is 1. The first-order valence-electron chi connectivity index (χ1n) is 8.06. The Kier molecular flexibility index (Phi) is 4.17. The lowest BCUT2D eigenvalue weighted by Crippen LogP contribution is -2.51. The van der Waals surface area contributed by atoms with Crippen molar-refractivity contribution in [2.75, 3.05) is 6.54 Å². The van der Waals surface area contributed by atoms with Gasteiger partial charge in [0.15, 0.2) is 5.92 Å². The third kappa shape index (κ3) is 2.93. The zero-order valence-electron chi connectivity index (χ0n) is 14.1. The van der Waals surface area contributed by atoms with E-state index in [1.165, 1.54) is 6.07 Å². The molecule has 0 aromatic heterocycles. The van der Waals surface area contributed by atoms with Crippen LogP contribution in [0, 0.1) is 0 Å². The molecule has 1 atom stereocenters. The Labute approximate surface area is 145 Å². The third-order valence-electron chi connectivity index (χ3n) is 4.62. The number of imide groups is 1. The molecule has 1 aliphatic heterocycles. The summed E-state index contributed by atoms with van der Waals surface area (Å²) in [5.41, 5.74) is 1.01. The smallest absolute Gasteiger partial charge is 0.320 e. The Morgan fingerprint density at radius 2 is 1.64 bits per heavy atom. The predicted molar refractivity (Wildman–Crippen MR) is 92.3 cm³/mol. The molecule has 5 nitrogen and oxygen atoms in total. The number of carbonyl (C=O) groups is 3. The van der Waals surface area contributed by atoms with Crippen LogP contribution in [0.4, 0.5) is 0 Å². The monoisotopic (exact) mass is 337 g/mol. The molecule has 0 aliphatic carbocycles. The normalized spacial score (nSPS) is 17.4. The number of hydrogen-bond donors (Lipinski definition) is 1. The van der Waals surface area contributed by atoms with Crippen LogP contribution in [0.1, 0.15) is 41.3 Å². The highest BCUT2D eigenvalue weighted by Gasteiger charge is 2.44. The van der Waals surface area contributed by atoms with Gasteiger partial charge in [0, 0.05) is 17.5 Å². The minimum Gasteiger partial charge on any atom is -0.480 e. The van der Waals surface area contributed by atoms with Crippen LogP contribution < -0.4 is 0 Å². The molecular weight excluding hydrogens is 318 g/mol. The van der Waals surface area contributed by atoms with E-state index in [0.29, 0.717) is 0 Å². The van der Waals surface area contributed by atoms with E-state index in [-0.39, 0.29) is 17.7 Å². The summed E-state index contributed by atoms with van der Waals surface area (Å²) in [5, 5.41) is 9.52. The largest absolute Gasteiger partial charge is 0.480 e. The predicted octanol–water partition coefficient (Wildman–Crippen LogP) is 2.82. The summed E-state index contributed by atoms with van der Waals surface area (Å²) < 4.78 is 0. The molecule has 0 spiro atoms. The summed E-state index contributed by atoms with van der Waals surface area (Å²) in [5.74, 6) is -3.71. The fraction of sp³-hybridized carbons (Fsp3) is 0.250. The van der Waals surface area contributed by atoms with E-state index in [4.69, 9.17) is 0 Å². The standard InChI is InChI=1S/C20H19NO4/c1-20(2,13-8-4-3-5-9-13)12-21-17(22)15-11-7-6-10-14(15)16(18(21)23)19(24)25/h3-11,16H,12H2,1-2H3,(H,24,25). The average Bonchev–Trinajstić information content (AvgIpc) is 2.59. The SMILES string of the molecule is CC(C)(CN1C(=O)c2ccccc2C(C(=O)O)C1=O)c1ccccc1. The van der Waals surface area contributed by atoms with E-state index in [1.54, 1.807) is 18.2 Å². The molecule has 1 aliphatic rings. The van der Waals surface area contributed by atoms with Crippen molar-refractivity contribution >= 4 is 17.8 Å². The maximum atomic E-state index is 12.8. The number of carboxylic acids is 1. The summed E-state index contributed by atoms with van der Waals surface area (Å²) in [6.07, 6.45) is 0. The maximum absolute atomic E-state index is 12.8. The van der Waals surface area contributed by atoms with Crippen LogP contribution in [0.2, 0.25) is 0 Å². The second kappa shape index (κ2) is 6.16. The van der Waals surface area contributed by atoms with E-state index in [2.05, 4.69) is 0 Å². The van der Waals surface area contributed by atoms with Gasteiger partial charge in [0.05, 0.1) is 0 Å². The molecule has 2 aromatic carbocycles. The van der Waals surface area contributed by atoms with Crippen LogP contribution in [-0.4, -0.2) is 34.3 Å². The zero-order valence-corrected chi connectivity index (χ0v) is 14.1. The van der Waals surface area contributed by atoms with Crippen molar-refractivity contribution in [3.63, 3.8) is 0 Å². The molecule has 1 heterocycles. The Morgan fingerprint density at radius 1 is 1.04 bits per heavy atom. The number of fused-ring (bicyclic) bond motifs is 1. The first-order valence-corrected chi connectivity index (χ1v) is 8.06. The van der Waals surface area contributed by atoms with Gasteiger partial charge >= 0.3 is 5.97 Å². The van der Waals surface area contributed by atoms with Gasteiger partial charge in [0.1, 0.15) is 0 Å². The van der Waals surface area contributed by atoms with Gasteiger partial charge < -0.3 is 5.11 Å². The number of benzene rings is 2. The molecule has 25 heavy (non-hydrogen) atoms. The summed E-state index contributed by atoms with van der Waals surface area (Å²) in [7, 11) is 0. The van der Waals surface area contributed by atoms with Crippen molar-refractivity contribution in [2.45, 2.75) is 25.2 Å². The van der Waals surface area contributed by atoms with Crippen molar-refractivity contribution in [3.8, 4) is 0 Å². The highest BCUT2D eigenvalue weighted by Crippen LogP contribution is 2.33. The molecule has 0 fully saturated rings. The average molecular weight is 337 g/mol. The Balaban J connectivity index is 2.01. The fourth-order valence-corrected chi connectivity index (χ4v) is 3.24. The third-order valence-corrected chi connectivity index (χ3v) is 4.62. The molecule has 2 amide bonds. The van der Waals surface area contributed by atoms with Crippen molar-refractivity contribution < 1.29 is 19.5 Å². The van der Waals surface area contributed by atoms with Crippen LogP contribution in [0.25, 0.3) is 0 Å². The summed E-state index contributed by atoms with van der Waals surface area (Å²) >= 11 is 0. The molecule has 0 saturated heterocycles. The lowest BCUT2D eigenvalue weighted by atomic mass is 9.82. The number of aliphatic carboxylic acids is 1. The highest BCUT2D eigenvalue weighted by molar-refractivity contribution is 6.17. The lowest BCUT2D eigenvalue weighted by Gasteiger charge is -2.36. The topological polar surface area (TPSA) is 74.7 Å². The fourth-order valence-electron chi connectivity index (χ4n) is 3.24. The maximum Gasteiger partial charge on any atom is 0.320 e. The van der Waals surface area contributed by atoms with Crippen molar-refractivity contribution in [2.24, 2.45) is 0 Å². The van der Waals surface area contributed by atoms with Crippen LogP contribution in [0.5, 0.6) is 0 Å². The van der Waals surface area contributed by atoms with Crippen LogP contribution in [0.3, 0.4) is 0 Å². The number of amides is 2. The van der Waals surface area contributed by atoms with Gasteiger partial charge in [0.25, 0.3) is 5.91 Å². The van der Waals surface area contributed by atoms with Crippen LogP contribution in [0.15, 0.2) is 54.6 Å². The van der Waals surface area contributed by atoms with Crippen molar-refractivity contribution in [1.82, 2.24) is 4.90 Å². The highest BCUT2D eigenvalue weighted by atomic mass is 16.4. The second-order valence-electron chi connectivity index (χ2n) is 6.84. The van der Waals surface area contributed by atoms with Crippen LogP contribution in [-0.2, 0) is 15.0 Å². The van der Waals surface area contributed by atoms with Crippen molar-refractivity contribution in [3.05, 3.63) is 71.3 Å². The molecule has 0 saturated carbocycles. The quantitative estimate of drug-likeness (QED) is 0.688. The molecule has 1 unspecified atom stereocenters. The van der Waals surface area contributed by atoms with E-state index >= 15 is 0 Å². The summed E-state index contributed by atoms with van der Waals surface area (Å²) in [6.45, 7) is 3.98. The van der Waals surface area contributed by atoms with Gasteiger partial charge in [-0.25, -0.2) is 0 Å². The molecule has 5 heteroatoms. The summed E-state index contributed by atoms with van der Waals surface area (Å²) in [6, 6.07) is 16.0. The van der Waals surface area contributed by atoms with Gasteiger partial charge in [-0.3, -0.25) is 19.3 Å². The minimum absolute atomic E-state index is 0.118. The Hall–Kier alpha value is -2.95. The van der Waals surface area contributed by atoms with Gasteiger partial charge in [-0.2, -0.15) is 0 Å². The van der Waals surface area contributed by atoms with E-state index < -0.39 is 29.1 Å². The first kappa shape index (κ1) is 16.9. The molecule has 0 bridgehead atoms. The lowest BCUT2D eigenvalue weighted by molar-refractivity contribution is -0.146. The van der Waals surface area contributed by atoms with Gasteiger partial charge in [-0.1, -0.05) is 62.4 Å². The first-order chi connectivity index (χ1) is 11.8. The molecule has 1 N–H and O–H groups in total. The number of rotatable bonds is 4. The second-order valence-corrected chi connectivity index (χ2v) is 6.84. The van der Waals surface area contributed by atoms with Gasteiger partial charge in [-0.15, -0.1) is 0 Å². The van der Waals surface area contributed by atoms with E-state index in [9.17, 15) is 19.5 Å².